The molecule has 0 aliphatic carbocycles. The molecule has 4 aromatic carbocycles. The van der Waals surface area contributed by atoms with Crippen LogP contribution in [0.25, 0.3) is 0 Å². The summed E-state index contributed by atoms with van der Waals surface area (Å²) in [6.07, 6.45) is 0. The van der Waals surface area contributed by atoms with E-state index in [2.05, 4.69) is 0 Å². The summed E-state index contributed by atoms with van der Waals surface area (Å²) in [5.74, 6) is -2.88. The molecular formula is C35H31ClN2O5. The molecule has 2 aliphatic heterocycles. The van der Waals surface area contributed by atoms with Crippen LogP contribution in [0, 0.1) is 5.92 Å². The minimum Gasteiger partial charge on any atom is -0.469 e. The Morgan fingerprint density at radius 3 is 2.14 bits per heavy atom. The van der Waals surface area contributed by atoms with Gasteiger partial charge in [-0.1, -0.05) is 96.5 Å². The lowest BCUT2D eigenvalue weighted by Gasteiger charge is -2.37. The normalized spacial score (nSPS) is 22.5. The van der Waals surface area contributed by atoms with Crippen molar-refractivity contribution in [1.29, 1.82) is 0 Å². The molecule has 6 rings (SSSR count). The number of carbonyl (C=O) groups excluding carboxylic acids is 3. The van der Waals surface area contributed by atoms with E-state index < -0.39 is 35.4 Å². The van der Waals surface area contributed by atoms with Gasteiger partial charge in [-0.05, 0) is 47.9 Å². The summed E-state index contributed by atoms with van der Waals surface area (Å²) < 4.78 is 11.0. The van der Waals surface area contributed by atoms with Crippen molar-refractivity contribution in [2.24, 2.45) is 5.92 Å². The Kier molecular flexibility index (Phi) is 7.67. The highest BCUT2D eigenvalue weighted by atomic mass is 35.5. The van der Waals surface area contributed by atoms with Crippen molar-refractivity contribution < 1.29 is 23.9 Å². The maximum Gasteiger partial charge on any atom is 0.329 e. The number of para-hydroxylation sites is 2. The van der Waals surface area contributed by atoms with Crippen molar-refractivity contribution in [3.05, 3.63) is 131 Å². The number of fused-ring (bicyclic) bond motifs is 2. The van der Waals surface area contributed by atoms with Crippen molar-refractivity contribution in [1.82, 2.24) is 0 Å². The number of hydrogen-bond acceptors (Lipinski definition) is 6. The SMILES string of the molecule is CCOC(=O)[C@@H]1[C@@H](C(=O)OC)[C@]2(C(=O)N(Cc3ccccc3)c3ccccc32)[C@@H](c2ccccc2Cl)N1c1ccccc1. The Labute approximate surface area is 255 Å². The van der Waals surface area contributed by atoms with Crippen LogP contribution in [0.2, 0.25) is 5.02 Å². The molecule has 0 bridgehead atoms. The van der Waals surface area contributed by atoms with E-state index in [1.165, 1.54) is 7.11 Å². The Bertz CT molecular complexity index is 1660. The third-order valence-corrected chi connectivity index (χ3v) is 8.82. The molecule has 218 valence electrons. The Morgan fingerprint density at radius 2 is 1.47 bits per heavy atom. The van der Waals surface area contributed by atoms with E-state index in [4.69, 9.17) is 21.1 Å². The zero-order valence-corrected chi connectivity index (χ0v) is 24.6. The smallest absolute Gasteiger partial charge is 0.329 e. The van der Waals surface area contributed by atoms with Crippen molar-refractivity contribution >= 4 is 40.8 Å². The molecule has 4 aromatic rings. The predicted molar refractivity (Wildman–Crippen MR) is 165 cm³/mol. The van der Waals surface area contributed by atoms with E-state index in [9.17, 15) is 9.59 Å². The minimum absolute atomic E-state index is 0.0975. The average Bonchev–Trinajstić information content (AvgIpc) is 3.48. The number of hydrogen-bond donors (Lipinski definition) is 0. The molecule has 1 spiro atoms. The fraction of sp³-hybridized carbons (Fsp3) is 0.229. The molecule has 0 radical (unpaired) electrons. The highest BCUT2D eigenvalue weighted by Gasteiger charge is 2.73. The molecule has 2 aliphatic rings. The lowest BCUT2D eigenvalue weighted by molar-refractivity contribution is -0.157. The second kappa shape index (κ2) is 11.6. The first kappa shape index (κ1) is 28.5. The maximum absolute atomic E-state index is 15.3. The third-order valence-electron chi connectivity index (χ3n) is 8.48. The quantitative estimate of drug-likeness (QED) is 0.240. The monoisotopic (exact) mass is 594 g/mol. The van der Waals surface area contributed by atoms with Crippen molar-refractivity contribution in [3.8, 4) is 0 Å². The zero-order valence-electron chi connectivity index (χ0n) is 23.9. The lowest BCUT2D eigenvalue weighted by Crippen LogP contribution is -2.51. The summed E-state index contributed by atoms with van der Waals surface area (Å²) in [6, 6.07) is 31.6. The van der Waals surface area contributed by atoms with Gasteiger partial charge >= 0.3 is 11.9 Å². The molecule has 43 heavy (non-hydrogen) atoms. The predicted octanol–water partition coefficient (Wildman–Crippen LogP) is 6.11. The van der Waals surface area contributed by atoms with Crippen molar-refractivity contribution in [2.45, 2.75) is 31.0 Å². The first-order valence-electron chi connectivity index (χ1n) is 14.2. The van der Waals surface area contributed by atoms with E-state index >= 15 is 4.79 Å². The molecule has 0 saturated carbocycles. The number of benzene rings is 4. The molecule has 0 aromatic heterocycles. The fourth-order valence-corrected chi connectivity index (χ4v) is 7.11. The van der Waals surface area contributed by atoms with Crippen molar-refractivity contribution in [3.63, 3.8) is 0 Å². The van der Waals surface area contributed by atoms with E-state index in [0.29, 0.717) is 27.5 Å². The number of nitrogens with zero attached hydrogens (tertiary/aromatic N) is 2. The molecular weight excluding hydrogens is 564 g/mol. The van der Waals surface area contributed by atoms with Gasteiger partial charge in [-0.25, -0.2) is 4.79 Å². The molecule has 0 unspecified atom stereocenters. The standard InChI is InChI=1S/C35H31ClN2O5/c1-3-43-33(40)30-29(32(39)42-2)35(31(25-18-10-12-20-27(25)36)38(30)24-16-8-5-9-17-24)26-19-11-13-21-28(26)37(34(35)41)22-23-14-6-4-7-15-23/h4-21,29-31H,3,22H2,1-2H3/t29-,30-,31+,35-/m0/s1. The van der Waals surface area contributed by atoms with Crippen LogP contribution in [0.15, 0.2) is 109 Å². The van der Waals surface area contributed by atoms with Gasteiger partial charge in [0, 0.05) is 16.4 Å². The van der Waals surface area contributed by atoms with Crippen LogP contribution in [0.5, 0.6) is 0 Å². The average molecular weight is 595 g/mol. The van der Waals surface area contributed by atoms with Gasteiger partial charge in [0.05, 0.1) is 26.3 Å². The van der Waals surface area contributed by atoms with Crippen LogP contribution >= 0.6 is 11.6 Å². The summed E-state index contributed by atoms with van der Waals surface area (Å²) in [7, 11) is 1.28. The van der Waals surface area contributed by atoms with Gasteiger partial charge in [0.15, 0.2) is 0 Å². The molecule has 1 saturated heterocycles. The molecule has 4 atom stereocenters. The van der Waals surface area contributed by atoms with Crippen LogP contribution in [0.4, 0.5) is 11.4 Å². The molecule has 7 nitrogen and oxygen atoms in total. The maximum atomic E-state index is 15.3. The fourth-order valence-electron chi connectivity index (χ4n) is 6.88. The van der Waals surface area contributed by atoms with Gasteiger partial charge in [-0.3, -0.25) is 9.59 Å². The number of ether oxygens (including phenoxy) is 2. The number of carbonyl (C=O) groups is 3. The lowest BCUT2D eigenvalue weighted by atomic mass is 9.65. The topological polar surface area (TPSA) is 76.2 Å². The van der Waals surface area contributed by atoms with Crippen LogP contribution in [-0.2, 0) is 35.8 Å². The number of anilines is 2. The van der Waals surface area contributed by atoms with Crippen LogP contribution in [0.3, 0.4) is 0 Å². The zero-order chi connectivity index (χ0) is 30.1. The summed E-state index contributed by atoms with van der Waals surface area (Å²) in [5.41, 5.74) is 1.88. The van der Waals surface area contributed by atoms with Crippen LogP contribution in [-0.4, -0.2) is 37.6 Å². The van der Waals surface area contributed by atoms with E-state index in [-0.39, 0.29) is 19.1 Å². The summed E-state index contributed by atoms with van der Waals surface area (Å²) in [6.45, 7) is 2.09. The van der Waals surface area contributed by atoms with E-state index in [0.717, 1.165) is 5.56 Å². The van der Waals surface area contributed by atoms with Crippen molar-refractivity contribution in [2.75, 3.05) is 23.5 Å². The first-order chi connectivity index (χ1) is 20.9. The van der Waals surface area contributed by atoms with E-state index in [1.807, 2.05) is 108 Å². The molecule has 0 N–H and O–H groups in total. The minimum atomic E-state index is -1.59. The van der Waals surface area contributed by atoms with Gasteiger partial charge in [0.1, 0.15) is 17.4 Å². The van der Waals surface area contributed by atoms with Crippen LogP contribution < -0.4 is 9.80 Å². The second-order valence-corrected chi connectivity index (χ2v) is 11.0. The highest BCUT2D eigenvalue weighted by Crippen LogP contribution is 2.63. The summed E-state index contributed by atoms with van der Waals surface area (Å²) in [5, 5.41) is 0.410. The largest absolute Gasteiger partial charge is 0.469 e. The van der Waals surface area contributed by atoms with Crippen LogP contribution in [0.1, 0.15) is 29.7 Å². The molecule has 8 heteroatoms. The first-order valence-corrected chi connectivity index (χ1v) is 14.6. The molecule has 2 heterocycles. The Hall–Kier alpha value is -4.62. The molecule has 1 fully saturated rings. The highest BCUT2D eigenvalue weighted by molar-refractivity contribution is 6.31. The third kappa shape index (κ3) is 4.46. The Balaban J connectivity index is 1.70. The number of rotatable bonds is 7. The summed E-state index contributed by atoms with van der Waals surface area (Å²) >= 11 is 6.93. The number of methoxy groups -OCH3 is 1. The summed E-state index contributed by atoms with van der Waals surface area (Å²) in [4.78, 5) is 47.0. The number of esters is 2. The van der Waals surface area contributed by atoms with E-state index in [1.54, 1.807) is 17.9 Å². The van der Waals surface area contributed by atoms with Gasteiger partial charge in [0.25, 0.3) is 0 Å². The van der Waals surface area contributed by atoms with Gasteiger partial charge < -0.3 is 19.3 Å². The molecule has 1 amide bonds. The van der Waals surface area contributed by atoms with Gasteiger partial charge in [-0.2, -0.15) is 0 Å². The number of amides is 1. The van der Waals surface area contributed by atoms with Gasteiger partial charge in [0.2, 0.25) is 5.91 Å². The number of halogens is 1. The van der Waals surface area contributed by atoms with Gasteiger partial charge in [-0.15, -0.1) is 0 Å². The Morgan fingerprint density at radius 1 is 0.837 bits per heavy atom. The second-order valence-electron chi connectivity index (χ2n) is 10.6.